The minimum atomic E-state index is -1.16. The molecule has 0 aromatic heterocycles. The number of nitrogens with zero attached hydrogens (tertiary/aromatic N) is 6. The molecule has 70 heavy (non-hydrogen) atoms. The first kappa shape index (κ1) is 56.1. The van der Waals surface area contributed by atoms with Crippen LogP contribution >= 0.6 is 0 Å². The lowest BCUT2D eigenvalue weighted by Gasteiger charge is -2.39. The number of carbonyl (C=O) groups is 9. The van der Waals surface area contributed by atoms with E-state index < -0.39 is 96.2 Å². The standard InChI is InChI=1S/C51H75N9O10/c1-30(2)26-40(54-46(64)34(7)57(10)51(69)70-29-39-37-22-16-14-20-35(37)36-21-15-17-23-38(36)39)48(66)55(8)28-43(62)56(9)33(6)45(63)53-32(5)47(65)59(12)44(31(3)4)50(68)58(11)41(27-42(52)61)49(67)60-24-18-13-19-25-60/h14-17,20-23,30-34,39-41,44H,13,18-19,24-29H2,1-12H3,(H2,52,61)(H,53,63)(H,54,64)/t32-,33-,34-,40-,41-,44-/m0/s1. The van der Waals surface area contributed by atoms with Crippen molar-refractivity contribution in [2.45, 2.75) is 123 Å². The highest BCUT2D eigenvalue weighted by molar-refractivity contribution is 5.97. The Hall–Kier alpha value is -6.53. The van der Waals surface area contributed by atoms with Gasteiger partial charge in [-0.15, -0.1) is 0 Å². The summed E-state index contributed by atoms with van der Waals surface area (Å²) >= 11 is 0. The van der Waals surface area contributed by atoms with E-state index in [-0.39, 0.29) is 37.2 Å². The Labute approximate surface area is 412 Å². The van der Waals surface area contributed by atoms with E-state index in [1.54, 1.807) is 18.7 Å². The van der Waals surface area contributed by atoms with Crippen LogP contribution in [0.5, 0.6) is 0 Å². The molecule has 1 fully saturated rings. The first-order chi connectivity index (χ1) is 32.9. The number of hydrogen-bond acceptors (Lipinski definition) is 10. The average molecular weight is 974 g/mol. The predicted octanol–water partition coefficient (Wildman–Crippen LogP) is 2.79. The van der Waals surface area contributed by atoms with Crippen molar-refractivity contribution < 1.29 is 47.9 Å². The van der Waals surface area contributed by atoms with Crippen LogP contribution in [0.2, 0.25) is 0 Å². The van der Waals surface area contributed by atoms with Gasteiger partial charge in [0.1, 0.15) is 42.9 Å². The fourth-order valence-electron chi connectivity index (χ4n) is 9.07. The average Bonchev–Trinajstić information content (AvgIpc) is 3.65. The monoisotopic (exact) mass is 974 g/mol. The number of fused-ring (bicyclic) bond motifs is 3. The van der Waals surface area contributed by atoms with E-state index in [1.165, 1.54) is 70.7 Å². The van der Waals surface area contributed by atoms with Crippen molar-refractivity contribution >= 4 is 53.4 Å². The lowest BCUT2D eigenvalue weighted by Crippen LogP contribution is -2.60. The number of ether oxygens (including phenoxy) is 1. The summed E-state index contributed by atoms with van der Waals surface area (Å²) in [6.07, 6.45) is 1.70. The highest BCUT2D eigenvalue weighted by Crippen LogP contribution is 2.44. The van der Waals surface area contributed by atoms with Crippen molar-refractivity contribution in [3.63, 3.8) is 0 Å². The van der Waals surface area contributed by atoms with Crippen LogP contribution in [0.1, 0.15) is 97.6 Å². The molecule has 19 heteroatoms. The molecule has 384 valence electrons. The second-order valence-corrected chi connectivity index (χ2v) is 19.5. The molecule has 1 saturated heterocycles. The molecule has 6 atom stereocenters. The predicted molar refractivity (Wildman–Crippen MR) is 263 cm³/mol. The number of nitrogens with two attached hydrogens (primary N) is 1. The Morgan fingerprint density at radius 3 is 1.73 bits per heavy atom. The summed E-state index contributed by atoms with van der Waals surface area (Å²) < 4.78 is 5.75. The van der Waals surface area contributed by atoms with E-state index in [0.717, 1.165) is 51.3 Å². The van der Waals surface area contributed by atoms with E-state index >= 15 is 0 Å². The maximum atomic E-state index is 14.1. The van der Waals surface area contributed by atoms with Gasteiger partial charge < -0.3 is 45.6 Å². The second-order valence-electron chi connectivity index (χ2n) is 19.5. The van der Waals surface area contributed by atoms with E-state index in [2.05, 4.69) is 10.6 Å². The first-order valence-corrected chi connectivity index (χ1v) is 24.2. The van der Waals surface area contributed by atoms with Crippen LogP contribution < -0.4 is 16.4 Å². The minimum absolute atomic E-state index is 0.0501. The van der Waals surface area contributed by atoms with E-state index in [0.29, 0.717) is 13.1 Å². The maximum Gasteiger partial charge on any atom is 0.410 e. The third-order valence-corrected chi connectivity index (χ3v) is 13.5. The summed E-state index contributed by atoms with van der Waals surface area (Å²) in [4.78, 5) is 129. The van der Waals surface area contributed by atoms with Crippen LogP contribution in [0, 0.1) is 11.8 Å². The molecule has 2 aromatic rings. The number of piperidine rings is 1. The van der Waals surface area contributed by atoms with E-state index in [4.69, 9.17) is 10.5 Å². The van der Waals surface area contributed by atoms with Crippen molar-refractivity contribution in [3.8, 4) is 11.1 Å². The SMILES string of the molecule is CC(C)C[C@H](NC(=O)[C@H](C)N(C)C(=O)OCC1c2ccccc2-c2ccccc21)C(=O)N(C)CC(=O)N(C)[C@@H](C)C(=O)N[C@@H](C)C(=O)N(C)[C@H](C(=O)N(C)[C@@H](CC(N)=O)C(=O)N1CCCCC1)C(C)C. The Morgan fingerprint density at radius 2 is 1.20 bits per heavy atom. The van der Waals surface area contributed by atoms with Crippen LogP contribution in [-0.4, -0.2) is 180 Å². The summed E-state index contributed by atoms with van der Waals surface area (Å²) in [7, 11) is 7.07. The van der Waals surface area contributed by atoms with Gasteiger partial charge in [-0.05, 0) is 80.5 Å². The molecule has 1 aliphatic carbocycles. The Morgan fingerprint density at radius 1 is 0.671 bits per heavy atom. The highest BCUT2D eigenvalue weighted by atomic mass is 16.6. The summed E-state index contributed by atoms with van der Waals surface area (Å²) in [5, 5.41) is 5.40. The first-order valence-electron chi connectivity index (χ1n) is 24.2. The Bertz CT molecular complexity index is 2200. The normalized spacial score (nSPS) is 15.8. The second kappa shape index (κ2) is 24.8. The largest absolute Gasteiger partial charge is 0.448 e. The van der Waals surface area contributed by atoms with Gasteiger partial charge in [0.2, 0.25) is 47.3 Å². The number of likely N-dealkylation sites (N-methyl/N-ethyl adjacent to an activating group) is 5. The number of likely N-dealkylation sites (tertiary alicyclic amines) is 1. The maximum absolute atomic E-state index is 14.1. The molecule has 0 bridgehead atoms. The van der Waals surface area contributed by atoms with Crippen molar-refractivity contribution in [3.05, 3.63) is 59.7 Å². The molecular formula is C51H75N9O10. The zero-order valence-corrected chi connectivity index (χ0v) is 43.0. The molecule has 0 unspecified atom stereocenters. The Balaban J connectivity index is 1.33. The van der Waals surface area contributed by atoms with Gasteiger partial charge >= 0.3 is 6.09 Å². The fourth-order valence-corrected chi connectivity index (χ4v) is 9.07. The molecule has 1 heterocycles. The highest BCUT2D eigenvalue weighted by Gasteiger charge is 2.40. The van der Waals surface area contributed by atoms with E-state index in [9.17, 15) is 43.2 Å². The van der Waals surface area contributed by atoms with Crippen molar-refractivity contribution in [1.29, 1.82) is 0 Å². The van der Waals surface area contributed by atoms with Crippen LogP contribution in [0.25, 0.3) is 11.1 Å². The smallest absolute Gasteiger partial charge is 0.410 e. The number of hydrogen-bond donors (Lipinski definition) is 3. The van der Waals surface area contributed by atoms with Gasteiger partial charge in [0.15, 0.2) is 0 Å². The molecule has 4 rings (SSSR count). The zero-order valence-electron chi connectivity index (χ0n) is 43.0. The number of carbonyl (C=O) groups excluding carboxylic acids is 9. The minimum Gasteiger partial charge on any atom is -0.448 e. The third-order valence-electron chi connectivity index (χ3n) is 13.5. The lowest BCUT2D eigenvalue weighted by atomic mass is 9.98. The van der Waals surface area contributed by atoms with Crippen LogP contribution in [0.4, 0.5) is 4.79 Å². The van der Waals surface area contributed by atoms with E-state index in [1.807, 2.05) is 62.4 Å². The molecule has 1 aliphatic heterocycles. The number of rotatable bonds is 21. The molecule has 0 saturated carbocycles. The Kier molecular flexibility index (Phi) is 19.9. The zero-order chi connectivity index (χ0) is 52.3. The van der Waals surface area contributed by atoms with Crippen LogP contribution in [0.15, 0.2) is 48.5 Å². The summed E-state index contributed by atoms with van der Waals surface area (Å²) in [5.74, 6) is -5.46. The van der Waals surface area contributed by atoms with Gasteiger partial charge in [0.05, 0.1) is 13.0 Å². The van der Waals surface area contributed by atoms with Crippen LogP contribution in [0.3, 0.4) is 0 Å². The molecule has 2 aromatic carbocycles. The number of nitrogens with one attached hydrogen (secondary N) is 2. The molecular weight excluding hydrogens is 899 g/mol. The molecule has 4 N–H and O–H groups in total. The van der Waals surface area contributed by atoms with Gasteiger partial charge in [0.25, 0.3) is 0 Å². The molecule has 9 amide bonds. The topological polar surface area (TPSA) is 232 Å². The quantitative estimate of drug-likeness (QED) is 0.166. The summed E-state index contributed by atoms with van der Waals surface area (Å²) in [6, 6.07) is 9.32. The molecule has 19 nitrogen and oxygen atoms in total. The van der Waals surface area contributed by atoms with Crippen LogP contribution in [-0.2, 0) is 43.1 Å². The van der Waals surface area contributed by atoms with Crippen molar-refractivity contribution in [1.82, 2.24) is 40.0 Å². The number of benzene rings is 2. The molecule has 0 radical (unpaired) electrons. The van der Waals surface area contributed by atoms with Gasteiger partial charge in [0, 0.05) is 54.2 Å². The number of primary amides is 1. The lowest BCUT2D eigenvalue weighted by molar-refractivity contribution is -0.153. The van der Waals surface area contributed by atoms with Gasteiger partial charge in [-0.25, -0.2) is 4.79 Å². The van der Waals surface area contributed by atoms with Crippen molar-refractivity contribution in [2.24, 2.45) is 17.6 Å². The number of amides is 9. The van der Waals surface area contributed by atoms with Gasteiger partial charge in [-0.2, -0.15) is 0 Å². The van der Waals surface area contributed by atoms with Gasteiger partial charge in [-0.1, -0.05) is 76.2 Å². The van der Waals surface area contributed by atoms with Crippen molar-refractivity contribution in [2.75, 3.05) is 61.5 Å². The fraction of sp³-hybridized carbons (Fsp3) is 0.588. The van der Waals surface area contributed by atoms with Gasteiger partial charge in [-0.3, -0.25) is 43.3 Å². The third kappa shape index (κ3) is 13.6. The molecule has 2 aliphatic rings. The molecule has 0 spiro atoms. The summed E-state index contributed by atoms with van der Waals surface area (Å²) in [6.45, 7) is 12.3. The summed E-state index contributed by atoms with van der Waals surface area (Å²) in [5.41, 5.74) is 9.77.